The van der Waals surface area contributed by atoms with Crippen molar-refractivity contribution < 1.29 is 27.8 Å². The molecule has 25 heavy (non-hydrogen) atoms. The lowest BCUT2D eigenvalue weighted by atomic mass is 10.1. The van der Waals surface area contributed by atoms with Crippen LogP contribution in [0.2, 0.25) is 0 Å². The summed E-state index contributed by atoms with van der Waals surface area (Å²) >= 11 is 0. The maximum absolute atomic E-state index is 12.4. The fraction of sp³-hybridized carbons (Fsp3) is 0.111. The number of H-pyrrole nitrogens is 1. The van der Waals surface area contributed by atoms with Crippen LogP contribution in [0.3, 0.4) is 0 Å². The van der Waals surface area contributed by atoms with Gasteiger partial charge in [0.1, 0.15) is 11.3 Å². The van der Waals surface area contributed by atoms with E-state index in [1.165, 1.54) is 30.5 Å². The summed E-state index contributed by atoms with van der Waals surface area (Å²) < 4.78 is 34.0. The third-order valence-electron chi connectivity index (χ3n) is 3.55. The number of alkyl halides is 2. The average molecular weight is 345 g/mol. The number of carbonyl (C=O) groups excluding carboxylic acids is 2. The Morgan fingerprint density at radius 3 is 2.52 bits per heavy atom. The minimum absolute atomic E-state index is 0.172. The Morgan fingerprint density at radius 1 is 1.00 bits per heavy atom. The van der Waals surface area contributed by atoms with Gasteiger partial charge in [0.25, 0.3) is 0 Å². The number of rotatable bonds is 6. The van der Waals surface area contributed by atoms with E-state index in [9.17, 15) is 18.4 Å². The predicted molar refractivity (Wildman–Crippen MR) is 86.0 cm³/mol. The second kappa shape index (κ2) is 7.12. The van der Waals surface area contributed by atoms with Gasteiger partial charge in [-0.2, -0.15) is 8.78 Å². The molecule has 5 nitrogen and oxygen atoms in total. The third-order valence-corrected chi connectivity index (χ3v) is 3.55. The van der Waals surface area contributed by atoms with Gasteiger partial charge in [-0.1, -0.05) is 30.3 Å². The number of aromatic nitrogens is 1. The molecule has 0 spiro atoms. The number of hydrogen-bond acceptors (Lipinski definition) is 4. The first kappa shape index (κ1) is 16.6. The number of halogens is 2. The first-order chi connectivity index (χ1) is 12.1. The fourth-order valence-corrected chi connectivity index (χ4v) is 2.42. The van der Waals surface area contributed by atoms with E-state index < -0.39 is 25.0 Å². The van der Waals surface area contributed by atoms with Gasteiger partial charge in [0.15, 0.2) is 6.61 Å². The molecule has 1 aromatic heterocycles. The van der Waals surface area contributed by atoms with Crippen LogP contribution in [0.5, 0.6) is 5.75 Å². The molecular weight excluding hydrogens is 332 g/mol. The summed E-state index contributed by atoms with van der Waals surface area (Å²) in [6.45, 7) is -3.58. The zero-order chi connectivity index (χ0) is 17.8. The molecule has 0 amide bonds. The molecule has 1 heterocycles. The number of ketones is 1. The van der Waals surface area contributed by atoms with Gasteiger partial charge in [-0.05, 0) is 18.2 Å². The number of fused-ring (bicyclic) bond motifs is 1. The van der Waals surface area contributed by atoms with Gasteiger partial charge in [0.2, 0.25) is 5.78 Å². The fourth-order valence-electron chi connectivity index (χ4n) is 2.42. The second-order valence-corrected chi connectivity index (χ2v) is 5.12. The van der Waals surface area contributed by atoms with Crippen LogP contribution >= 0.6 is 0 Å². The Balaban J connectivity index is 1.71. The molecule has 0 saturated heterocycles. The molecule has 0 saturated carbocycles. The summed E-state index contributed by atoms with van der Waals surface area (Å²) in [4.78, 5) is 27.3. The number of carbonyl (C=O) groups is 2. The highest BCUT2D eigenvalue weighted by atomic mass is 19.3. The smallest absolute Gasteiger partial charge is 0.387 e. The van der Waals surface area contributed by atoms with Gasteiger partial charge in [0.05, 0.1) is 0 Å². The number of para-hydroxylation sites is 2. The molecule has 0 radical (unpaired) electrons. The van der Waals surface area contributed by atoms with Crippen LogP contribution in [0.15, 0.2) is 54.7 Å². The molecule has 3 rings (SSSR count). The van der Waals surface area contributed by atoms with Crippen LogP contribution in [-0.2, 0) is 4.74 Å². The van der Waals surface area contributed by atoms with Gasteiger partial charge in [-0.25, -0.2) is 4.79 Å². The van der Waals surface area contributed by atoms with Gasteiger partial charge in [-0.3, -0.25) is 4.79 Å². The van der Waals surface area contributed by atoms with E-state index in [-0.39, 0.29) is 11.3 Å². The van der Waals surface area contributed by atoms with Crippen molar-refractivity contribution in [1.29, 1.82) is 0 Å². The summed E-state index contributed by atoms with van der Waals surface area (Å²) in [5.41, 5.74) is 1.00. The molecule has 0 bridgehead atoms. The van der Waals surface area contributed by atoms with Crippen molar-refractivity contribution in [3.05, 3.63) is 65.9 Å². The molecule has 0 fully saturated rings. The molecule has 0 aliphatic carbocycles. The number of ether oxygens (including phenoxy) is 2. The second-order valence-electron chi connectivity index (χ2n) is 5.12. The topological polar surface area (TPSA) is 68.4 Å². The van der Waals surface area contributed by atoms with Gasteiger partial charge < -0.3 is 14.5 Å². The standard InChI is InChI=1S/C18H13F2NO4/c19-18(20)25-16-8-4-2-6-12(16)17(23)24-10-15(22)13-9-21-14-7-3-1-5-11(13)14/h1-9,18,21H,10H2. The summed E-state index contributed by atoms with van der Waals surface area (Å²) in [5.74, 6) is -1.62. The SMILES string of the molecule is O=C(OCC(=O)c1c[nH]c2ccccc12)c1ccccc1OC(F)F. The lowest BCUT2D eigenvalue weighted by Crippen LogP contribution is -2.15. The Labute approximate surface area is 141 Å². The first-order valence-corrected chi connectivity index (χ1v) is 7.36. The van der Waals surface area contributed by atoms with Crippen LogP contribution in [0.1, 0.15) is 20.7 Å². The van der Waals surface area contributed by atoms with Crippen molar-refractivity contribution in [2.75, 3.05) is 6.61 Å². The molecule has 0 unspecified atom stereocenters. The van der Waals surface area contributed by atoms with E-state index in [1.807, 2.05) is 12.1 Å². The van der Waals surface area contributed by atoms with E-state index in [0.717, 1.165) is 5.52 Å². The Hall–Kier alpha value is -3.22. The summed E-state index contributed by atoms with van der Waals surface area (Å²) in [6.07, 6.45) is 1.54. The Morgan fingerprint density at radius 2 is 1.72 bits per heavy atom. The van der Waals surface area contributed by atoms with E-state index in [1.54, 1.807) is 12.1 Å². The minimum atomic E-state index is -3.07. The molecule has 3 aromatic rings. The number of Topliss-reactive ketones (excluding diaryl/α,β-unsaturated/α-hetero) is 1. The lowest BCUT2D eigenvalue weighted by molar-refractivity contribution is -0.0504. The summed E-state index contributed by atoms with van der Waals surface area (Å²) in [5, 5.41) is 0.713. The van der Waals surface area contributed by atoms with Crippen molar-refractivity contribution in [2.24, 2.45) is 0 Å². The lowest BCUT2D eigenvalue weighted by Gasteiger charge is -2.10. The average Bonchev–Trinajstić information content (AvgIpc) is 3.03. The van der Waals surface area contributed by atoms with Crippen LogP contribution in [0, 0.1) is 0 Å². The highest BCUT2D eigenvalue weighted by Gasteiger charge is 2.19. The van der Waals surface area contributed by atoms with Crippen molar-refractivity contribution in [1.82, 2.24) is 4.98 Å². The Bertz CT molecular complexity index is 920. The van der Waals surface area contributed by atoms with E-state index in [0.29, 0.717) is 10.9 Å². The monoisotopic (exact) mass is 345 g/mol. The maximum Gasteiger partial charge on any atom is 0.387 e. The van der Waals surface area contributed by atoms with Gasteiger partial charge in [-0.15, -0.1) is 0 Å². The molecule has 0 atom stereocenters. The summed E-state index contributed by atoms with van der Waals surface area (Å²) in [6, 6.07) is 12.6. The molecule has 128 valence electrons. The zero-order valence-corrected chi connectivity index (χ0v) is 12.9. The van der Waals surface area contributed by atoms with E-state index >= 15 is 0 Å². The summed E-state index contributed by atoms with van der Waals surface area (Å²) in [7, 11) is 0. The molecule has 2 aromatic carbocycles. The number of esters is 1. The van der Waals surface area contributed by atoms with E-state index in [4.69, 9.17) is 4.74 Å². The molecule has 0 aliphatic heterocycles. The van der Waals surface area contributed by atoms with Gasteiger partial charge in [0, 0.05) is 22.7 Å². The molecule has 7 heteroatoms. The number of aromatic amines is 1. The first-order valence-electron chi connectivity index (χ1n) is 7.36. The highest BCUT2D eigenvalue weighted by molar-refractivity contribution is 6.09. The third kappa shape index (κ3) is 3.65. The number of benzene rings is 2. The molecule has 1 N–H and O–H groups in total. The normalized spacial score (nSPS) is 10.8. The van der Waals surface area contributed by atoms with Crippen molar-refractivity contribution in [3.8, 4) is 5.75 Å². The predicted octanol–water partition coefficient (Wildman–Crippen LogP) is 3.81. The van der Waals surface area contributed by atoms with Gasteiger partial charge >= 0.3 is 12.6 Å². The largest absolute Gasteiger partial charge is 0.454 e. The number of nitrogens with one attached hydrogen (secondary N) is 1. The quantitative estimate of drug-likeness (QED) is 0.545. The van der Waals surface area contributed by atoms with Crippen molar-refractivity contribution in [3.63, 3.8) is 0 Å². The Kier molecular flexibility index (Phi) is 4.74. The van der Waals surface area contributed by atoms with E-state index in [2.05, 4.69) is 9.72 Å². The van der Waals surface area contributed by atoms with Crippen LogP contribution < -0.4 is 4.74 Å². The van der Waals surface area contributed by atoms with Crippen LogP contribution in [-0.4, -0.2) is 30.0 Å². The van der Waals surface area contributed by atoms with Crippen LogP contribution in [0.25, 0.3) is 10.9 Å². The molecule has 0 aliphatic rings. The van der Waals surface area contributed by atoms with Crippen molar-refractivity contribution >= 4 is 22.7 Å². The zero-order valence-electron chi connectivity index (χ0n) is 12.9. The van der Waals surface area contributed by atoms with Crippen LogP contribution in [0.4, 0.5) is 8.78 Å². The maximum atomic E-state index is 12.4. The minimum Gasteiger partial charge on any atom is -0.454 e. The number of hydrogen-bond donors (Lipinski definition) is 1. The molecular formula is C18H13F2NO4. The van der Waals surface area contributed by atoms with Crippen molar-refractivity contribution in [2.45, 2.75) is 6.61 Å². The highest BCUT2D eigenvalue weighted by Crippen LogP contribution is 2.22.